The quantitative estimate of drug-likeness (QED) is 0.207. The molecule has 1 heterocycles. The van der Waals surface area contributed by atoms with Crippen molar-refractivity contribution in [2.45, 2.75) is 96.7 Å². The van der Waals surface area contributed by atoms with Crippen molar-refractivity contribution in [2.75, 3.05) is 13.1 Å². The molecule has 1 fully saturated rings. The maximum absolute atomic E-state index is 14.2. The topological polar surface area (TPSA) is 62.6 Å². The predicted molar refractivity (Wildman–Crippen MR) is 169 cm³/mol. The Morgan fingerprint density at radius 3 is 2.29 bits per heavy atom. The minimum absolute atomic E-state index is 0.115. The van der Waals surface area contributed by atoms with E-state index in [0.29, 0.717) is 31.0 Å². The van der Waals surface area contributed by atoms with E-state index < -0.39 is 10.0 Å². The van der Waals surface area contributed by atoms with E-state index in [0.717, 1.165) is 59.0 Å². The fourth-order valence-corrected chi connectivity index (χ4v) is 8.19. The van der Waals surface area contributed by atoms with Gasteiger partial charge in [0.05, 0.1) is 18.0 Å². The average molecular weight is 643 g/mol. The smallest absolute Gasteiger partial charge is 0.244 e. The lowest BCUT2D eigenvalue weighted by Gasteiger charge is -2.36. The van der Waals surface area contributed by atoms with Gasteiger partial charge in [0.2, 0.25) is 15.9 Å². The van der Waals surface area contributed by atoms with Crippen molar-refractivity contribution in [3.63, 3.8) is 0 Å². The maximum atomic E-state index is 14.2. The molecule has 1 saturated carbocycles. The first-order valence-electron chi connectivity index (χ1n) is 14.9. The van der Waals surface area contributed by atoms with Crippen LogP contribution in [0.3, 0.4) is 0 Å². The van der Waals surface area contributed by atoms with E-state index in [1.807, 2.05) is 62.9 Å². The summed E-state index contributed by atoms with van der Waals surface area (Å²) in [5.74, 6) is -0.115. The number of rotatable bonds is 12. The van der Waals surface area contributed by atoms with Crippen molar-refractivity contribution >= 4 is 31.9 Å². The molecule has 8 heteroatoms. The van der Waals surface area contributed by atoms with Gasteiger partial charge in [0.25, 0.3) is 0 Å². The molecule has 3 aromatic rings. The van der Waals surface area contributed by atoms with Crippen molar-refractivity contribution < 1.29 is 13.2 Å². The van der Waals surface area contributed by atoms with Gasteiger partial charge in [-0.1, -0.05) is 78.4 Å². The van der Waals surface area contributed by atoms with E-state index in [4.69, 9.17) is 0 Å². The molecule has 1 aromatic heterocycles. The van der Waals surface area contributed by atoms with Crippen LogP contribution in [0.5, 0.6) is 0 Å². The van der Waals surface area contributed by atoms with Crippen LogP contribution in [0.25, 0.3) is 0 Å². The maximum Gasteiger partial charge on any atom is 0.244 e. The summed E-state index contributed by atoms with van der Waals surface area (Å²) < 4.78 is 32.8. The number of halogens is 1. The first kappa shape index (κ1) is 31.5. The minimum atomic E-state index is -3.85. The van der Waals surface area contributed by atoms with Gasteiger partial charge in [0.15, 0.2) is 0 Å². The van der Waals surface area contributed by atoms with E-state index in [9.17, 15) is 13.2 Å². The summed E-state index contributed by atoms with van der Waals surface area (Å²) >= 11 is 3.51. The Morgan fingerprint density at radius 2 is 1.66 bits per heavy atom. The number of hydrogen-bond donors (Lipinski definition) is 0. The lowest BCUT2D eigenvalue weighted by molar-refractivity contribution is -0.135. The zero-order valence-corrected chi connectivity index (χ0v) is 27.3. The average Bonchev–Trinajstić information content (AvgIpc) is 3.36. The van der Waals surface area contributed by atoms with Crippen LogP contribution in [0.1, 0.15) is 79.8 Å². The Morgan fingerprint density at radius 1 is 1.00 bits per heavy atom. The Balaban J connectivity index is 1.62. The number of amides is 1. The Hall–Kier alpha value is -2.42. The largest absolute Gasteiger partial charge is 0.345 e. The molecule has 6 nitrogen and oxygen atoms in total. The van der Waals surface area contributed by atoms with E-state index in [2.05, 4.69) is 44.9 Å². The first-order chi connectivity index (χ1) is 19.6. The Kier molecular flexibility index (Phi) is 10.9. The molecular weight excluding hydrogens is 598 g/mol. The van der Waals surface area contributed by atoms with Gasteiger partial charge in [0.1, 0.15) is 0 Å². The van der Waals surface area contributed by atoms with Crippen molar-refractivity contribution in [1.82, 2.24) is 13.8 Å². The number of unbranched alkanes of at least 4 members (excludes halogenated alkanes) is 1. The summed E-state index contributed by atoms with van der Waals surface area (Å²) in [6.07, 6.45) is 8.89. The van der Waals surface area contributed by atoms with Crippen LogP contribution < -0.4 is 0 Å². The van der Waals surface area contributed by atoms with E-state index >= 15 is 0 Å². The highest BCUT2D eigenvalue weighted by Gasteiger charge is 2.33. The molecule has 1 aliphatic rings. The Labute approximate surface area is 254 Å². The third kappa shape index (κ3) is 7.90. The monoisotopic (exact) mass is 641 g/mol. The molecule has 0 bridgehead atoms. The molecule has 0 saturated heterocycles. The molecule has 0 spiro atoms. The van der Waals surface area contributed by atoms with Gasteiger partial charge in [-0.3, -0.25) is 4.79 Å². The zero-order valence-electron chi connectivity index (χ0n) is 24.9. The molecule has 0 N–H and O–H groups in total. The third-order valence-electron chi connectivity index (χ3n) is 8.13. The summed E-state index contributed by atoms with van der Waals surface area (Å²) in [6.45, 7) is 9.09. The van der Waals surface area contributed by atoms with E-state index in [-0.39, 0.29) is 18.5 Å². The normalized spacial score (nSPS) is 14.5. The number of sulfonamides is 1. The van der Waals surface area contributed by atoms with Crippen molar-refractivity contribution in [3.05, 3.63) is 87.1 Å². The van der Waals surface area contributed by atoms with Crippen molar-refractivity contribution in [2.24, 2.45) is 0 Å². The van der Waals surface area contributed by atoms with Crippen molar-refractivity contribution in [1.29, 1.82) is 0 Å². The summed E-state index contributed by atoms with van der Waals surface area (Å²) in [4.78, 5) is 16.5. The van der Waals surface area contributed by atoms with E-state index in [1.54, 1.807) is 0 Å². The number of carbonyl (C=O) groups excluding carboxylic acids is 1. The number of nitrogens with zero attached hydrogens (tertiary/aromatic N) is 3. The fourth-order valence-electron chi connectivity index (χ4n) is 6.09. The van der Waals surface area contributed by atoms with Gasteiger partial charge in [0, 0.05) is 35.5 Å². The molecule has 0 unspecified atom stereocenters. The van der Waals surface area contributed by atoms with Crippen LogP contribution >= 0.6 is 15.9 Å². The summed E-state index contributed by atoms with van der Waals surface area (Å²) in [5.41, 5.74) is 4.73. The molecule has 0 atom stereocenters. The van der Waals surface area contributed by atoms with Crippen LogP contribution in [-0.2, 0) is 27.9 Å². The Bertz CT molecular complexity index is 1400. The lowest BCUT2D eigenvalue weighted by Crippen LogP contribution is -2.48. The number of benzene rings is 2. The first-order valence-corrected chi connectivity index (χ1v) is 17.1. The van der Waals surface area contributed by atoms with Gasteiger partial charge in [-0.05, 0) is 81.0 Å². The number of carbonyl (C=O) groups is 1. The van der Waals surface area contributed by atoms with Crippen LogP contribution in [0, 0.1) is 20.8 Å². The second-order valence-corrected chi connectivity index (χ2v) is 14.3. The highest BCUT2D eigenvalue weighted by molar-refractivity contribution is 9.10. The lowest BCUT2D eigenvalue weighted by atomic mass is 9.94. The number of aromatic nitrogens is 1. The second kappa shape index (κ2) is 14.2. The van der Waals surface area contributed by atoms with Crippen LogP contribution in [0.2, 0.25) is 0 Å². The molecule has 2 aromatic carbocycles. The minimum Gasteiger partial charge on any atom is -0.345 e. The molecule has 1 amide bonds. The molecule has 4 rings (SSSR count). The van der Waals surface area contributed by atoms with Crippen LogP contribution in [0.4, 0.5) is 0 Å². The second-order valence-electron chi connectivity index (χ2n) is 11.5. The highest BCUT2D eigenvalue weighted by Crippen LogP contribution is 2.28. The fraction of sp³-hybridized carbons (Fsp3) is 0.485. The highest BCUT2D eigenvalue weighted by atomic mass is 79.9. The number of hydrogen-bond acceptors (Lipinski definition) is 3. The van der Waals surface area contributed by atoms with Gasteiger partial charge in [-0.15, -0.1) is 0 Å². The van der Waals surface area contributed by atoms with Crippen LogP contribution in [-0.4, -0.2) is 47.2 Å². The summed E-state index contributed by atoms with van der Waals surface area (Å²) in [6, 6.07) is 16.3. The van der Waals surface area contributed by atoms with Gasteiger partial charge in [-0.25, -0.2) is 8.42 Å². The zero-order chi connectivity index (χ0) is 29.6. The summed E-state index contributed by atoms with van der Waals surface area (Å²) in [7, 11) is -3.85. The van der Waals surface area contributed by atoms with Crippen molar-refractivity contribution in [3.8, 4) is 0 Å². The standard InChI is InChI=1S/C33H44BrN3O3S/c1-5-6-19-36(41(39,40)33-26(3)20-25(2)21-27(33)4)24-32(38)37(30-11-8-7-9-12-30)23-31-13-10-18-35(31)22-28-14-16-29(34)17-15-28/h10,13-18,20-21,30H,5-9,11-12,19,22-24H2,1-4H3. The molecule has 41 heavy (non-hydrogen) atoms. The van der Waals surface area contributed by atoms with Gasteiger partial charge in [-0.2, -0.15) is 4.31 Å². The molecule has 0 radical (unpaired) electrons. The molecule has 222 valence electrons. The number of aryl methyl sites for hydroxylation is 3. The molecular formula is C33H44BrN3O3S. The third-order valence-corrected chi connectivity index (χ3v) is 10.8. The SMILES string of the molecule is CCCCN(CC(=O)N(Cc1cccn1Cc1ccc(Br)cc1)C1CCCCC1)S(=O)(=O)c1c(C)cc(C)cc1C. The molecule has 1 aliphatic carbocycles. The summed E-state index contributed by atoms with van der Waals surface area (Å²) in [5, 5.41) is 0. The van der Waals surface area contributed by atoms with E-state index in [1.165, 1.54) is 16.3 Å². The van der Waals surface area contributed by atoms with Crippen LogP contribution in [0.15, 0.2) is 64.1 Å². The van der Waals surface area contributed by atoms with Gasteiger partial charge >= 0.3 is 0 Å². The molecule has 0 aliphatic heterocycles. The predicted octanol–water partition coefficient (Wildman–Crippen LogP) is 7.38. The van der Waals surface area contributed by atoms with Gasteiger partial charge < -0.3 is 9.47 Å².